The van der Waals surface area contributed by atoms with Gasteiger partial charge in [0.2, 0.25) is 18.6 Å². The van der Waals surface area contributed by atoms with Gasteiger partial charge in [-0.2, -0.15) is 0 Å². The van der Waals surface area contributed by atoms with Crippen molar-refractivity contribution in [1.29, 1.82) is 0 Å². The molecule has 1 saturated heterocycles. The van der Waals surface area contributed by atoms with Crippen molar-refractivity contribution in [2.24, 2.45) is 5.92 Å². The van der Waals surface area contributed by atoms with Gasteiger partial charge in [0.05, 0.1) is 11.6 Å². The SMILES string of the molecule is O=C(Nc1cc(Cl)ccc1O)C1CC(=O)N(Cc2ccc3c(c2)OCO3)C1. The molecule has 140 valence electrons. The van der Waals surface area contributed by atoms with Crippen LogP contribution in [0.1, 0.15) is 12.0 Å². The number of benzene rings is 2. The van der Waals surface area contributed by atoms with E-state index in [2.05, 4.69) is 5.32 Å². The van der Waals surface area contributed by atoms with E-state index in [0.29, 0.717) is 29.6 Å². The molecular weight excluding hydrogens is 372 g/mol. The summed E-state index contributed by atoms with van der Waals surface area (Å²) in [5.74, 6) is 0.353. The van der Waals surface area contributed by atoms with Gasteiger partial charge >= 0.3 is 0 Å². The van der Waals surface area contributed by atoms with Gasteiger partial charge in [-0.25, -0.2) is 0 Å². The lowest BCUT2D eigenvalue weighted by Gasteiger charge is -2.17. The van der Waals surface area contributed by atoms with Crippen molar-refractivity contribution in [1.82, 2.24) is 4.90 Å². The maximum absolute atomic E-state index is 12.5. The lowest BCUT2D eigenvalue weighted by atomic mass is 10.1. The molecule has 2 aliphatic rings. The van der Waals surface area contributed by atoms with Gasteiger partial charge in [0.15, 0.2) is 11.5 Å². The number of nitrogens with one attached hydrogen (secondary N) is 1. The predicted molar refractivity (Wildman–Crippen MR) is 97.8 cm³/mol. The van der Waals surface area contributed by atoms with Crippen LogP contribution in [0.25, 0.3) is 0 Å². The zero-order valence-corrected chi connectivity index (χ0v) is 15.0. The number of hydrogen-bond acceptors (Lipinski definition) is 5. The molecule has 0 radical (unpaired) electrons. The fourth-order valence-electron chi connectivity index (χ4n) is 3.20. The van der Waals surface area contributed by atoms with E-state index in [9.17, 15) is 14.7 Å². The number of nitrogens with zero attached hydrogens (tertiary/aromatic N) is 1. The number of amides is 2. The van der Waals surface area contributed by atoms with Crippen LogP contribution < -0.4 is 14.8 Å². The molecule has 2 heterocycles. The third-order valence-electron chi connectivity index (χ3n) is 4.61. The second-order valence-electron chi connectivity index (χ2n) is 6.51. The van der Waals surface area contributed by atoms with Gasteiger partial charge in [-0.15, -0.1) is 0 Å². The highest BCUT2D eigenvalue weighted by atomic mass is 35.5. The summed E-state index contributed by atoms with van der Waals surface area (Å²) in [4.78, 5) is 26.5. The van der Waals surface area contributed by atoms with Crippen LogP contribution in [-0.2, 0) is 16.1 Å². The largest absolute Gasteiger partial charge is 0.506 e. The fourth-order valence-corrected chi connectivity index (χ4v) is 3.38. The number of phenolic OH excluding ortho intramolecular Hbond substituents is 1. The Bertz CT molecular complexity index is 917. The average molecular weight is 389 g/mol. The minimum Gasteiger partial charge on any atom is -0.506 e. The van der Waals surface area contributed by atoms with Gasteiger partial charge in [0.25, 0.3) is 0 Å². The quantitative estimate of drug-likeness (QED) is 0.786. The molecule has 0 spiro atoms. The van der Waals surface area contributed by atoms with E-state index >= 15 is 0 Å². The van der Waals surface area contributed by atoms with Crippen LogP contribution in [0.3, 0.4) is 0 Å². The van der Waals surface area contributed by atoms with E-state index in [-0.39, 0.29) is 36.5 Å². The van der Waals surface area contributed by atoms with E-state index in [4.69, 9.17) is 21.1 Å². The highest BCUT2D eigenvalue weighted by Gasteiger charge is 2.34. The summed E-state index contributed by atoms with van der Waals surface area (Å²) in [6, 6.07) is 9.92. The molecule has 1 atom stereocenters. The number of carbonyl (C=O) groups is 2. The summed E-state index contributed by atoms with van der Waals surface area (Å²) >= 11 is 5.89. The number of carbonyl (C=O) groups excluding carboxylic acids is 2. The Morgan fingerprint density at radius 2 is 2.04 bits per heavy atom. The second kappa shape index (κ2) is 7.00. The number of phenols is 1. The van der Waals surface area contributed by atoms with Gasteiger partial charge in [-0.05, 0) is 35.9 Å². The molecule has 4 rings (SSSR count). The molecule has 0 bridgehead atoms. The first-order chi connectivity index (χ1) is 13.0. The first-order valence-corrected chi connectivity index (χ1v) is 8.83. The third kappa shape index (κ3) is 3.64. The molecule has 27 heavy (non-hydrogen) atoms. The molecule has 1 unspecified atom stereocenters. The van der Waals surface area contributed by atoms with E-state index in [0.717, 1.165) is 5.56 Å². The maximum atomic E-state index is 12.5. The third-order valence-corrected chi connectivity index (χ3v) is 4.85. The number of likely N-dealkylation sites (tertiary alicyclic amines) is 1. The van der Waals surface area contributed by atoms with E-state index in [1.54, 1.807) is 4.90 Å². The number of halogens is 1. The standard InChI is InChI=1S/C19H17ClN2O5/c20-13-2-3-15(23)14(7-13)21-19(25)12-6-18(24)22(9-12)8-11-1-4-16-17(5-11)27-10-26-16/h1-5,7,12,23H,6,8-10H2,(H,21,25). The molecule has 2 amide bonds. The van der Waals surface area contributed by atoms with Gasteiger partial charge < -0.3 is 24.8 Å². The summed E-state index contributed by atoms with van der Waals surface area (Å²) < 4.78 is 10.6. The number of hydrogen-bond donors (Lipinski definition) is 2. The first-order valence-electron chi connectivity index (χ1n) is 8.45. The van der Waals surface area contributed by atoms with Gasteiger partial charge in [-0.1, -0.05) is 17.7 Å². The summed E-state index contributed by atoms with van der Waals surface area (Å²) in [5.41, 5.74) is 1.13. The van der Waals surface area contributed by atoms with E-state index in [1.807, 2.05) is 18.2 Å². The Morgan fingerprint density at radius 3 is 2.89 bits per heavy atom. The molecule has 0 aromatic heterocycles. The molecule has 2 aromatic rings. The zero-order valence-electron chi connectivity index (χ0n) is 14.3. The topological polar surface area (TPSA) is 88.1 Å². The molecule has 1 fully saturated rings. The lowest BCUT2D eigenvalue weighted by Crippen LogP contribution is -2.28. The Kier molecular flexibility index (Phi) is 4.53. The molecule has 0 saturated carbocycles. The van der Waals surface area contributed by atoms with Crippen molar-refractivity contribution in [3.63, 3.8) is 0 Å². The number of fused-ring (bicyclic) bond motifs is 1. The van der Waals surface area contributed by atoms with Gasteiger partial charge in [0.1, 0.15) is 5.75 Å². The summed E-state index contributed by atoms with van der Waals surface area (Å²) in [6.07, 6.45) is 0.123. The predicted octanol–water partition coefficient (Wildman–Crippen LogP) is 2.76. The van der Waals surface area contributed by atoms with E-state index < -0.39 is 5.92 Å². The van der Waals surface area contributed by atoms with E-state index in [1.165, 1.54) is 18.2 Å². The highest BCUT2D eigenvalue weighted by Crippen LogP contribution is 2.33. The molecule has 8 heteroatoms. The van der Waals surface area contributed by atoms with Gasteiger partial charge in [-0.3, -0.25) is 9.59 Å². The van der Waals surface area contributed by atoms with Crippen LogP contribution in [-0.4, -0.2) is 35.2 Å². The molecule has 7 nitrogen and oxygen atoms in total. The van der Waals surface area contributed by atoms with Crippen molar-refractivity contribution in [3.8, 4) is 17.2 Å². The average Bonchev–Trinajstić information content (AvgIpc) is 3.25. The summed E-state index contributed by atoms with van der Waals surface area (Å²) in [7, 11) is 0. The Labute approximate surface area is 160 Å². The lowest BCUT2D eigenvalue weighted by molar-refractivity contribution is -0.128. The number of rotatable bonds is 4. The first kappa shape index (κ1) is 17.5. The van der Waals surface area contributed by atoms with Crippen molar-refractivity contribution in [2.45, 2.75) is 13.0 Å². The second-order valence-corrected chi connectivity index (χ2v) is 6.95. The van der Waals surface area contributed by atoms with Crippen molar-refractivity contribution in [2.75, 3.05) is 18.7 Å². The molecular formula is C19H17ClN2O5. The molecule has 0 aliphatic carbocycles. The maximum Gasteiger partial charge on any atom is 0.231 e. The number of anilines is 1. The summed E-state index contributed by atoms with van der Waals surface area (Å²) in [5, 5.41) is 12.9. The molecule has 2 aromatic carbocycles. The Morgan fingerprint density at radius 1 is 1.22 bits per heavy atom. The highest BCUT2D eigenvalue weighted by molar-refractivity contribution is 6.31. The Balaban J connectivity index is 1.41. The Hall–Kier alpha value is -2.93. The van der Waals surface area contributed by atoms with Crippen LogP contribution in [0.2, 0.25) is 5.02 Å². The van der Waals surface area contributed by atoms with Crippen LogP contribution in [0.5, 0.6) is 17.2 Å². The normalized spacial score (nSPS) is 18.0. The smallest absolute Gasteiger partial charge is 0.231 e. The van der Waals surface area contributed by atoms with Crippen molar-refractivity contribution < 1.29 is 24.2 Å². The van der Waals surface area contributed by atoms with Crippen molar-refractivity contribution in [3.05, 3.63) is 47.0 Å². The zero-order chi connectivity index (χ0) is 19.0. The molecule has 2 aliphatic heterocycles. The van der Waals surface area contributed by atoms with Crippen LogP contribution in [0.15, 0.2) is 36.4 Å². The monoisotopic (exact) mass is 388 g/mol. The fraction of sp³-hybridized carbons (Fsp3) is 0.263. The van der Waals surface area contributed by atoms with Crippen LogP contribution in [0.4, 0.5) is 5.69 Å². The minimum absolute atomic E-state index is 0.0747. The van der Waals surface area contributed by atoms with Gasteiger partial charge in [0, 0.05) is 24.5 Å². The van der Waals surface area contributed by atoms with Crippen LogP contribution >= 0.6 is 11.6 Å². The number of ether oxygens (including phenoxy) is 2. The van der Waals surface area contributed by atoms with Crippen LogP contribution in [0, 0.1) is 5.92 Å². The van der Waals surface area contributed by atoms with Crippen molar-refractivity contribution >= 4 is 29.1 Å². The summed E-state index contributed by atoms with van der Waals surface area (Å²) in [6.45, 7) is 0.891. The number of aromatic hydroxyl groups is 1. The molecule has 2 N–H and O–H groups in total. The minimum atomic E-state index is -0.495.